The molecule has 0 fully saturated rings. The Morgan fingerprint density at radius 3 is 2.37 bits per heavy atom. The molecule has 7 heteroatoms. The van der Waals surface area contributed by atoms with Gasteiger partial charge in [0.05, 0.1) is 17.7 Å². The van der Waals surface area contributed by atoms with E-state index in [9.17, 15) is 14.4 Å². The molecular formula is C23H21NO5S. The quantitative estimate of drug-likeness (QED) is 0.388. The number of esters is 1. The maximum Gasteiger partial charge on any atom is 0.329 e. The molecule has 6 nitrogen and oxygen atoms in total. The fourth-order valence-corrected chi connectivity index (χ4v) is 3.47. The van der Waals surface area contributed by atoms with Crippen LogP contribution in [0, 0.1) is 0 Å². The van der Waals surface area contributed by atoms with Gasteiger partial charge in [-0.2, -0.15) is 0 Å². The summed E-state index contributed by atoms with van der Waals surface area (Å²) < 4.78 is 10.5. The van der Waals surface area contributed by atoms with Crippen molar-refractivity contribution in [2.24, 2.45) is 0 Å². The molecule has 0 amide bonds. The summed E-state index contributed by atoms with van der Waals surface area (Å²) >= 11 is 1.28. The highest BCUT2D eigenvalue weighted by Crippen LogP contribution is 2.25. The number of hydrogen-bond donors (Lipinski definition) is 1. The minimum atomic E-state index is -0.981. The Labute approximate surface area is 178 Å². The Kier molecular flexibility index (Phi) is 7.34. The van der Waals surface area contributed by atoms with Crippen molar-refractivity contribution in [3.8, 4) is 5.75 Å². The van der Waals surface area contributed by atoms with Gasteiger partial charge in [-0.05, 0) is 23.6 Å². The average Bonchev–Trinajstić information content (AvgIpc) is 3.32. The van der Waals surface area contributed by atoms with Gasteiger partial charge in [-0.3, -0.25) is 9.59 Å². The summed E-state index contributed by atoms with van der Waals surface area (Å²) in [5.41, 5.74) is 1.04. The van der Waals surface area contributed by atoms with Gasteiger partial charge in [0.15, 0.2) is 12.4 Å². The molecule has 0 unspecified atom stereocenters. The van der Waals surface area contributed by atoms with E-state index in [1.54, 1.807) is 66.0 Å². The molecule has 0 radical (unpaired) electrons. The van der Waals surface area contributed by atoms with Crippen LogP contribution < -0.4 is 10.1 Å². The van der Waals surface area contributed by atoms with Crippen LogP contribution in [0.4, 0.5) is 5.69 Å². The number of ketones is 2. The summed E-state index contributed by atoms with van der Waals surface area (Å²) in [5, 5.41) is 4.81. The maximum absolute atomic E-state index is 12.8. The first kappa shape index (κ1) is 21.3. The van der Waals surface area contributed by atoms with E-state index >= 15 is 0 Å². The Bertz CT molecular complexity index is 1000. The van der Waals surface area contributed by atoms with E-state index in [1.165, 1.54) is 18.4 Å². The predicted octanol–water partition coefficient (Wildman–Crippen LogP) is 4.24. The van der Waals surface area contributed by atoms with Gasteiger partial charge in [-0.25, -0.2) is 4.79 Å². The van der Waals surface area contributed by atoms with E-state index < -0.39 is 12.0 Å². The standard InChI is InChI=1S/C23H21NO5S/c1-28-21-11-6-5-10-17(21)24-18(14-19(25)16-8-3-2-4-9-16)23(27)29-15-20(26)22-12-7-13-30-22/h2-13,18,24H,14-15H2,1H3/t18-/m0/s1. The number of methoxy groups -OCH3 is 1. The van der Waals surface area contributed by atoms with E-state index in [2.05, 4.69) is 5.32 Å². The highest BCUT2D eigenvalue weighted by Gasteiger charge is 2.26. The monoisotopic (exact) mass is 423 g/mol. The molecule has 1 heterocycles. The van der Waals surface area contributed by atoms with E-state index in [0.717, 1.165) is 0 Å². The molecular weight excluding hydrogens is 402 g/mol. The Balaban J connectivity index is 1.74. The smallest absolute Gasteiger partial charge is 0.329 e. The van der Waals surface area contributed by atoms with E-state index in [1.807, 2.05) is 6.07 Å². The molecule has 1 aromatic heterocycles. The van der Waals surface area contributed by atoms with Gasteiger partial charge < -0.3 is 14.8 Å². The summed E-state index contributed by atoms with van der Waals surface area (Å²) in [6.45, 7) is -0.386. The highest BCUT2D eigenvalue weighted by molar-refractivity contribution is 7.12. The van der Waals surface area contributed by atoms with Crippen molar-refractivity contribution in [1.29, 1.82) is 0 Å². The predicted molar refractivity (Wildman–Crippen MR) is 115 cm³/mol. The van der Waals surface area contributed by atoms with Crippen LogP contribution >= 0.6 is 11.3 Å². The second-order valence-corrected chi connectivity index (χ2v) is 7.35. The van der Waals surface area contributed by atoms with Gasteiger partial charge in [0.2, 0.25) is 5.78 Å². The number of Topliss-reactive ketones (excluding diaryl/α,β-unsaturated/α-hetero) is 2. The van der Waals surface area contributed by atoms with Crippen molar-refractivity contribution in [2.45, 2.75) is 12.5 Å². The highest BCUT2D eigenvalue weighted by atomic mass is 32.1. The number of nitrogens with one attached hydrogen (secondary N) is 1. The van der Waals surface area contributed by atoms with Gasteiger partial charge in [-0.15, -0.1) is 11.3 Å². The molecule has 0 aliphatic carbocycles. The van der Waals surface area contributed by atoms with Crippen LogP contribution in [-0.4, -0.2) is 37.3 Å². The first-order valence-electron chi connectivity index (χ1n) is 9.29. The van der Waals surface area contributed by atoms with Crippen LogP contribution in [0.3, 0.4) is 0 Å². The normalized spacial score (nSPS) is 11.4. The summed E-state index contributed by atoms with van der Waals surface area (Å²) in [6.07, 6.45) is -0.131. The molecule has 0 bridgehead atoms. The number of thiophene rings is 1. The van der Waals surface area contributed by atoms with Crippen molar-refractivity contribution >= 4 is 34.6 Å². The zero-order valence-electron chi connectivity index (χ0n) is 16.4. The lowest BCUT2D eigenvalue weighted by molar-refractivity contribution is -0.143. The SMILES string of the molecule is COc1ccccc1N[C@@H](CC(=O)c1ccccc1)C(=O)OCC(=O)c1cccs1. The number of benzene rings is 2. The van der Waals surface area contributed by atoms with Gasteiger partial charge in [0.25, 0.3) is 0 Å². The van der Waals surface area contributed by atoms with Crippen LogP contribution in [0.2, 0.25) is 0 Å². The fraction of sp³-hybridized carbons (Fsp3) is 0.174. The van der Waals surface area contributed by atoms with Gasteiger partial charge in [-0.1, -0.05) is 48.5 Å². The third-order valence-electron chi connectivity index (χ3n) is 4.35. The zero-order chi connectivity index (χ0) is 21.3. The van der Waals surface area contributed by atoms with Crippen LogP contribution in [0.25, 0.3) is 0 Å². The third kappa shape index (κ3) is 5.55. The van der Waals surface area contributed by atoms with Crippen molar-refractivity contribution < 1.29 is 23.9 Å². The summed E-state index contributed by atoms with van der Waals surface area (Å²) in [6, 6.07) is 18.2. The molecule has 0 saturated carbocycles. The zero-order valence-corrected chi connectivity index (χ0v) is 17.2. The van der Waals surface area contributed by atoms with Crippen LogP contribution in [0.1, 0.15) is 26.5 Å². The summed E-state index contributed by atoms with van der Waals surface area (Å²) in [7, 11) is 1.52. The molecule has 0 saturated heterocycles. The number of carbonyl (C=O) groups is 3. The largest absolute Gasteiger partial charge is 0.495 e. The van der Waals surface area contributed by atoms with Crippen molar-refractivity contribution in [1.82, 2.24) is 0 Å². The lowest BCUT2D eigenvalue weighted by Gasteiger charge is -2.19. The minimum absolute atomic E-state index is 0.131. The first-order chi connectivity index (χ1) is 14.6. The van der Waals surface area contributed by atoms with Gasteiger partial charge in [0, 0.05) is 12.0 Å². The lowest BCUT2D eigenvalue weighted by Crippen LogP contribution is -2.35. The van der Waals surface area contributed by atoms with Crippen LogP contribution in [0.15, 0.2) is 72.1 Å². The molecule has 0 aliphatic heterocycles. The number of para-hydroxylation sites is 2. The van der Waals surface area contributed by atoms with Crippen molar-refractivity contribution in [2.75, 3.05) is 19.0 Å². The van der Waals surface area contributed by atoms with Crippen LogP contribution in [-0.2, 0) is 9.53 Å². The number of rotatable bonds is 10. The molecule has 1 atom stereocenters. The second-order valence-electron chi connectivity index (χ2n) is 6.40. The van der Waals surface area contributed by atoms with E-state index in [-0.39, 0.29) is 24.6 Å². The van der Waals surface area contributed by atoms with Crippen LogP contribution in [0.5, 0.6) is 5.75 Å². The topological polar surface area (TPSA) is 81.7 Å². The molecule has 0 spiro atoms. The molecule has 2 aromatic carbocycles. The molecule has 154 valence electrons. The Morgan fingerprint density at radius 1 is 0.933 bits per heavy atom. The average molecular weight is 423 g/mol. The fourth-order valence-electron chi connectivity index (χ4n) is 2.82. The lowest BCUT2D eigenvalue weighted by atomic mass is 10.0. The number of hydrogen-bond acceptors (Lipinski definition) is 7. The summed E-state index contributed by atoms with van der Waals surface area (Å²) in [5.74, 6) is -0.666. The molecule has 3 rings (SSSR count). The first-order valence-corrected chi connectivity index (χ1v) is 10.2. The van der Waals surface area contributed by atoms with E-state index in [0.29, 0.717) is 21.9 Å². The van der Waals surface area contributed by atoms with E-state index in [4.69, 9.17) is 9.47 Å². The minimum Gasteiger partial charge on any atom is -0.495 e. The molecule has 1 N–H and O–H groups in total. The molecule has 0 aliphatic rings. The number of carbonyl (C=O) groups excluding carboxylic acids is 3. The number of ether oxygens (including phenoxy) is 2. The maximum atomic E-state index is 12.8. The number of anilines is 1. The summed E-state index contributed by atoms with van der Waals surface area (Å²) in [4.78, 5) is 38.1. The Hall–Kier alpha value is -3.45. The third-order valence-corrected chi connectivity index (χ3v) is 5.26. The Morgan fingerprint density at radius 2 is 1.67 bits per heavy atom. The second kappa shape index (κ2) is 10.4. The van der Waals surface area contributed by atoms with Crippen molar-refractivity contribution in [3.63, 3.8) is 0 Å². The van der Waals surface area contributed by atoms with Crippen molar-refractivity contribution in [3.05, 3.63) is 82.6 Å². The van der Waals surface area contributed by atoms with Gasteiger partial charge in [0.1, 0.15) is 11.8 Å². The van der Waals surface area contributed by atoms with Gasteiger partial charge >= 0.3 is 5.97 Å². The molecule has 30 heavy (non-hydrogen) atoms. The molecule has 3 aromatic rings.